The van der Waals surface area contributed by atoms with Crippen LogP contribution in [-0.4, -0.2) is 7.11 Å². The number of hydrogen-bond donors (Lipinski definition) is 0. The molecule has 1 heterocycles. The van der Waals surface area contributed by atoms with Crippen molar-refractivity contribution < 1.29 is 13.5 Å². The Balaban J connectivity index is 2.08. The van der Waals surface area contributed by atoms with Gasteiger partial charge in [0, 0.05) is 18.1 Å². The monoisotopic (exact) mass is 270 g/mol. The molecule has 0 saturated heterocycles. The summed E-state index contributed by atoms with van der Waals surface area (Å²) in [4.78, 5) is 0. The molecular weight excluding hydrogens is 255 g/mol. The van der Waals surface area contributed by atoms with Crippen molar-refractivity contribution >= 4 is 11.0 Å². The predicted molar refractivity (Wildman–Crippen MR) is 77.1 cm³/mol. The van der Waals surface area contributed by atoms with Crippen LogP contribution in [0.3, 0.4) is 0 Å². The van der Waals surface area contributed by atoms with E-state index >= 15 is 0 Å². The molecule has 0 aliphatic heterocycles. The molecular formula is C17H15FO2. The number of rotatable bonds is 3. The van der Waals surface area contributed by atoms with Gasteiger partial charge in [0.15, 0.2) is 0 Å². The predicted octanol–water partition coefficient (Wildman–Crippen LogP) is 4.69. The Morgan fingerprint density at radius 3 is 2.55 bits per heavy atom. The van der Waals surface area contributed by atoms with Crippen molar-refractivity contribution in [3.8, 4) is 11.3 Å². The molecule has 0 atom stereocenters. The van der Waals surface area contributed by atoms with E-state index in [1.807, 2.05) is 12.1 Å². The lowest BCUT2D eigenvalue weighted by Crippen LogP contribution is -1.90. The van der Waals surface area contributed by atoms with E-state index in [9.17, 15) is 4.39 Å². The fraction of sp³-hybridized carbons (Fsp3) is 0.176. The average molecular weight is 270 g/mol. The van der Waals surface area contributed by atoms with Crippen LogP contribution in [-0.2, 0) is 11.3 Å². The van der Waals surface area contributed by atoms with Crippen molar-refractivity contribution in [2.75, 3.05) is 7.11 Å². The van der Waals surface area contributed by atoms with Gasteiger partial charge in [-0.2, -0.15) is 0 Å². The standard InChI is InChI=1S/C17H15FO2/c1-11-7-13-8-16(12-3-5-15(18)6-4-12)20-17(13)9-14(11)10-19-2/h3-9H,10H2,1-2H3. The number of ether oxygens (including phenoxy) is 1. The molecule has 1 aromatic heterocycles. The molecule has 2 aromatic carbocycles. The van der Waals surface area contributed by atoms with E-state index in [4.69, 9.17) is 9.15 Å². The minimum absolute atomic E-state index is 0.247. The summed E-state index contributed by atoms with van der Waals surface area (Å²) in [5.41, 5.74) is 3.97. The average Bonchev–Trinajstić information content (AvgIpc) is 2.83. The summed E-state index contributed by atoms with van der Waals surface area (Å²) in [6, 6.07) is 12.4. The van der Waals surface area contributed by atoms with Gasteiger partial charge in [-0.1, -0.05) is 0 Å². The number of fused-ring (bicyclic) bond motifs is 1. The highest BCUT2D eigenvalue weighted by Crippen LogP contribution is 2.30. The lowest BCUT2D eigenvalue weighted by Gasteiger charge is -2.03. The first-order valence-electron chi connectivity index (χ1n) is 6.45. The maximum Gasteiger partial charge on any atom is 0.135 e. The van der Waals surface area contributed by atoms with Crippen LogP contribution in [0.25, 0.3) is 22.3 Å². The van der Waals surface area contributed by atoms with Crippen LogP contribution < -0.4 is 0 Å². The van der Waals surface area contributed by atoms with Crippen LogP contribution in [0.2, 0.25) is 0 Å². The van der Waals surface area contributed by atoms with Crippen molar-refractivity contribution in [2.24, 2.45) is 0 Å². The smallest absolute Gasteiger partial charge is 0.135 e. The number of benzene rings is 2. The molecule has 0 aliphatic rings. The van der Waals surface area contributed by atoms with Gasteiger partial charge in [-0.05, 0) is 60.5 Å². The van der Waals surface area contributed by atoms with E-state index in [2.05, 4.69) is 13.0 Å². The minimum Gasteiger partial charge on any atom is -0.456 e. The van der Waals surface area contributed by atoms with Gasteiger partial charge in [0.25, 0.3) is 0 Å². The summed E-state index contributed by atoms with van der Waals surface area (Å²) < 4.78 is 24.0. The highest BCUT2D eigenvalue weighted by molar-refractivity contribution is 5.84. The first-order valence-corrected chi connectivity index (χ1v) is 6.45. The molecule has 0 amide bonds. The van der Waals surface area contributed by atoms with Crippen molar-refractivity contribution in [3.05, 3.63) is 59.4 Å². The van der Waals surface area contributed by atoms with Gasteiger partial charge in [-0.15, -0.1) is 0 Å². The molecule has 3 rings (SSSR count). The van der Waals surface area contributed by atoms with Gasteiger partial charge < -0.3 is 9.15 Å². The SMILES string of the molecule is COCc1cc2oc(-c3ccc(F)cc3)cc2cc1C. The molecule has 3 aromatic rings. The molecule has 0 aliphatic carbocycles. The molecule has 3 heteroatoms. The number of hydrogen-bond acceptors (Lipinski definition) is 2. The van der Waals surface area contributed by atoms with Gasteiger partial charge >= 0.3 is 0 Å². The molecule has 2 nitrogen and oxygen atoms in total. The first kappa shape index (κ1) is 12.9. The normalized spacial score (nSPS) is 11.2. The van der Waals surface area contributed by atoms with Gasteiger partial charge in [-0.3, -0.25) is 0 Å². The molecule has 0 unspecified atom stereocenters. The second-order valence-electron chi connectivity index (χ2n) is 4.87. The Morgan fingerprint density at radius 1 is 1.10 bits per heavy atom. The van der Waals surface area contributed by atoms with E-state index in [-0.39, 0.29) is 5.82 Å². The number of aryl methyl sites for hydroxylation is 1. The third kappa shape index (κ3) is 2.32. The van der Waals surface area contributed by atoms with E-state index in [0.717, 1.165) is 27.9 Å². The zero-order valence-corrected chi connectivity index (χ0v) is 11.4. The van der Waals surface area contributed by atoms with Gasteiger partial charge in [-0.25, -0.2) is 4.39 Å². The molecule has 0 fully saturated rings. The third-order valence-electron chi connectivity index (χ3n) is 3.40. The Hall–Kier alpha value is -2.13. The summed E-state index contributed by atoms with van der Waals surface area (Å²) in [6.07, 6.45) is 0. The topological polar surface area (TPSA) is 22.4 Å². The van der Waals surface area contributed by atoms with Crippen LogP contribution in [0.1, 0.15) is 11.1 Å². The van der Waals surface area contributed by atoms with Crippen molar-refractivity contribution in [1.82, 2.24) is 0 Å². The molecule has 0 radical (unpaired) electrons. The summed E-state index contributed by atoms with van der Waals surface area (Å²) in [6.45, 7) is 2.62. The fourth-order valence-corrected chi connectivity index (χ4v) is 2.31. The molecule has 0 N–H and O–H groups in total. The van der Waals surface area contributed by atoms with Gasteiger partial charge in [0.2, 0.25) is 0 Å². The molecule has 0 spiro atoms. The molecule has 0 bridgehead atoms. The molecule has 20 heavy (non-hydrogen) atoms. The van der Waals surface area contributed by atoms with Crippen LogP contribution in [0.5, 0.6) is 0 Å². The largest absolute Gasteiger partial charge is 0.456 e. The van der Waals surface area contributed by atoms with Gasteiger partial charge in [0.05, 0.1) is 6.61 Å². The number of halogens is 1. The van der Waals surface area contributed by atoms with E-state index < -0.39 is 0 Å². The van der Waals surface area contributed by atoms with E-state index in [1.165, 1.54) is 17.7 Å². The summed E-state index contributed by atoms with van der Waals surface area (Å²) in [5.74, 6) is 0.497. The summed E-state index contributed by atoms with van der Waals surface area (Å²) in [5, 5.41) is 1.04. The Morgan fingerprint density at radius 2 is 1.85 bits per heavy atom. The minimum atomic E-state index is -0.247. The Bertz CT molecular complexity index is 742. The van der Waals surface area contributed by atoms with Crippen molar-refractivity contribution in [3.63, 3.8) is 0 Å². The van der Waals surface area contributed by atoms with Crippen LogP contribution >= 0.6 is 0 Å². The maximum atomic E-state index is 13.0. The summed E-state index contributed by atoms with van der Waals surface area (Å²) >= 11 is 0. The molecule has 0 saturated carbocycles. The van der Waals surface area contributed by atoms with E-state index in [0.29, 0.717) is 6.61 Å². The number of furan rings is 1. The van der Waals surface area contributed by atoms with Crippen molar-refractivity contribution in [1.29, 1.82) is 0 Å². The third-order valence-corrected chi connectivity index (χ3v) is 3.40. The zero-order valence-electron chi connectivity index (χ0n) is 11.4. The van der Waals surface area contributed by atoms with Crippen LogP contribution in [0.15, 0.2) is 46.9 Å². The van der Waals surface area contributed by atoms with Crippen LogP contribution in [0, 0.1) is 12.7 Å². The first-order chi connectivity index (χ1) is 9.67. The lowest BCUT2D eigenvalue weighted by atomic mass is 10.1. The lowest BCUT2D eigenvalue weighted by molar-refractivity contribution is 0.184. The second-order valence-corrected chi connectivity index (χ2v) is 4.87. The zero-order chi connectivity index (χ0) is 14.1. The highest BCUT2D eigenvalue weighted by atomic mass is 19.1. The number of methoxy groups -OCH3 is 1. The second kappa shape index (κ2) is 5.10. The maximum absolute atomic E-state index is 13.0. The van der Waals surface area contributed by atoms with Crippen LogP contribution in [0.4, 0.5) is 4.39 Å². The van der Waals surface area contributed by atoms with Gasteiger partial charge in [0.1, 0.15) is 17.2 Å². The van der Waals surface area contributed by atoms with E-state index in [1.54, 1.807) is 19.2 Å². The Kier molecular flexibility index (Phi) is 3.28. The fourth-order valence-electron chi connectivity index (χ4n) is 2.31. The van der Waals surface area contributed by atoms with Crippen molar-refractivity contribution in [2.45, 2.75) is 13.5 Å². The summed E-state index contributed by atoms with van der Waals surface area (Å²) in [7, 11) is 1.68. The molecule has 102 valence electrons. The highest BCUT2D eigenvalue weighted by Gasteiger charge is 2.09. The Labute approximate surface area is 116 Å². The quantitative estimate of drug-likeness (QED) is 0.688.